The molecule has 0 fully saturated rings. The Morgan fingerprint density at radius 3 is 2.89 bits per heavy atom. The first kappa shape index (κ1) is 17.0. The summed E-state index contributed by atoms with van der Waals surface area (Å²) in [4.78, 5) is 15.2. The number of hydrogen-bond donors (Lipinski definition) is 1. The molecule has 1 N–H and O–H groups in total. The summed E-state index contributed by atoms with van der Waals surface area (Å²) in [5.74, 6) is 1.38. The first-order chi connectivity index (χ1) is 13.6. The summed E-state index contributed by atoms with van der Waals surface area (Å²) < 4.78 is 1.96. The van der Waals surface area contributed by atoms with E-state index in [1.807, 2.05) is 16.8 Å². The van der Waals surface area contributed by atoms with Gasteiger partial charge >= 0.3 is 0 Å². The maximum atomic E-state index is 4.96. The van der Waals surface area contributed by atoms with Crippen LogP contribution in [0.5, 0.6) is 0 Å². The van der Waals surface area contributed by atoms with E-state index >= 15 is 0 Å². The van der Waals surface area contributed by atoms with Crippen molar-refractivity contribution in [3.8, 4) is 0 Å². The molecule has 0 aromatic carbocycles. The molecule has 0 unspecified atom stereocenters. The molecular weight excluding hydrogens is 348 g/mol. The molecule has 6 heteroatoms. The second-order valence-electron chi connectivity index (χ2n) is 7.77. The van der Waals surface area contributed by atoms with Crippen molar-refractivity contribution in [3.63, 3.8) is 0 Å². The van der Waals surface area contributed by atoms with Crippen LogP contribution in [0.15, 0.2) is 48.9 Å². The second-order valence-corrected chi connectivity index (χ2v) is 7.77. The Morgan fingerprint density at radius 1 is 1.18 bits per heavy atom. The van der Waals surface area contributed by atoms with E-state index in [0.29, 0.717) is 5.92 Å². The third kappa shape index (κ3) is 2.68. The van der Waals surface area contributed by atoms with Gasteiger partial charge in [0.25, 0.3) is 0 Å². The van der Waals surface area contributed by atoms with Crippen LogP contribution in [-0.2, 0) is 6.42 Å². The Hall–Kier alpha value is -3.15. The van der Waals surface area contributed by atoms with Gasteiger partial charge in [0, 0.05) is 24.9 Å². The maximum Gasteiger partial charge on any atom is 0.129 e. The van der Waals surface area contributed by atoms with Gasteiger partial charge < -0.3 is 9.88 Å². The number of anilines is 1. The van der Waals surface area contributed by atoms with E-state index in [0.717, 1.165) is 47.1 Å². The molecule has 142 valence electrons. The fraction of sp³-hybridized carbons (Fsp3) is 0.318. The number of nitrogens with one attached hydrogen (secondary N) is 1. The number of aromatic amines is 1. The molecule has 0 radical (unpaired) electrons. The lowest BCUT2D eigenvalue weighted by atomic mass is 9.99. The zero-order valence-corrected chi connectivity index (χ0v) is 16.4. The SMILES string of the molecule is Cc1cccn2nc([C@@H]3c4[nH]cnc4CCN3c3cccc(C(C)C)n3)cc12. The van der Waals surface area contributed by atoms with Gasteiger partial charge in [0.05, 0.1) is 28.9 Å². The van der Waals surface area contributed by atoms with E-state index in [1.165, 1.54) is 5.56 Å². The molecule has 28 heavy (non-hydrogen) atoms. The van der Waals surface area contributed by atoms with Crippen molar-refractivity contribution in [3.05, 3.63) is 77.3 Å². The summed E-state index contributed by atoms with van der Waals surface area (Å²) in [6.45, 7) is 7.34. The monoisotopic (exact) mass is 372 g/mol. The van der Waals surface area contributed by atoms with Crippen molar-refractivity contribution in [1.82, 2.24) is 24.6 Å². The third-order valence-electron chi connectivity index (χ3n) is 5.58. The lowest BCUT2D eigenvalue weighted by molar-refractivity contribution is 0.608. The predicted octanol–water partition coefficient (Wildman–Crippen LogP) is 4.04. The summed E-state index contributed by atoms with van der Waals surface area (Å²) in [7, 11) is 0. The number of pyridine rings is 2. The number of aryl methyl sites for hydroxylation is 1. The van der Waals surface area contributed by atoms with Crippen molar-refractivity contribution in [1.29, 1.82) is 0 Å². The Morgan fingerprint density at radius 2 is 2.07 bits per heavy atom. The Labute approximate surface area is 164 Å². The lowest BCUT2D eigenvalue weighted by Gasteiger charge is -2.35. The van der Waals surface area contributed by atoms with Crippen LogP contribution in [0.3, 0.4) is 0 Å². The molecule has 1 aliphatic heterocycles. The van der Waals surface area contributed by atoms with E-state index in [1.54, 1.807) is 6.33 Å². The van der Waals surface area contributed by atoms with Gasteiger partial charge in [-0.15, -0.1) is 0 Å². The maximum absolute atomic E-state index is 4.96. The van der Waals surface area contributed by atoms with Gasteiger partial charge in [0.15, 0.2) is 0 Å². The van der Waals surface area contributed by atoms with Crippen LogP contribution in [-0.4, -0.2) is 31.1 Å². The first-order valence-corrected chi connectivity index (χ1v) is 9.82. The number of imidazole rings is 1. The van der Waals surface area contributed by atoms with Crippen molar-refractivity contribution >= 4 is 11.3 Å². The molecule has 4 aromatic heterocycles. The molecule has 0 saturated heterocycles. The molecule has 0 amide bonds. The van der Waals surface area contributed by atoms with Crippen LogP contribution in [0.2, 0.25) is 0 Å². The van der Waals surface area contributed by atoms with Gasteiger partial charge in [-0.1, -0.05) is 26.0 Å². The van der Waals surface area contributed by atoms with Crippen LogP contribution in [0.25, 0.3) is 5.52 Å². The molecule has 0 spiro atoms. The van der Waals surface area contributed by atoms with Crippen molar-refractivity contribution in [2.75, 3.05) is 11.4 Å². The normalized spacial score (nSPS) is 16.7. The first-order valence-electron chi connectivity index (χ1n) is 9.82. The summed E-state index contributed by atoms with van der Waals surface area (Å²) in [6.07, 6.45) is 4.69. The number of nitrogens with zero attached hydrogens (tertiary/aromatic N) is 5. The lowest BCUT2D eigenvalue weighted by Crippen LogP contribution is -2.37. The molecular formula is C22H24N6. The summed E-state index contributed by atoms with van der Waals surface area (Å²) in [5.41, 5.74) is 6.70. The molecule has 5 heterocycles. The number of aromatic nitrogens is 5. The van der Waals surface area contributed by atoms with Gasteiger partial charge in [-0.25, -0.2) is 14.5 Å². The third-order valence-corrected chi connectivity index (χ3v) is 5.58. The van der Waals surface area contributed by atoms with E-state index in [-0.39, 0.29) is 6.04 Å². The standard InChI is InChI=1S/C22H24N6/c1-14(2)16-7-4-8-20(25-16)27-11-9-17-21(24-13-23-17)22(27)18-12-19-15(3)6-5-10-28(19)26-18/h4-8,10,12-14,22H,9,11H2,1-3H3,(H,23,24)/t22-/m1/s1. The van der Waals surface area contributed by atoms with E-state index in [2.05, 4.69) is 66.0 Å². The van der Waals surface area contributed by atoms with Crippen LogP contribution < -0.4 is 4.90 Å². The zero-order chi connectivity index (χ0) is 19.3. The van der Waals surface area contributed by atoms with Crippen LogP contribution in [0, 0.1) is 6.92 Å². The second kappa shape index (κ2) is 6.48. The molecule has 6 nitrogen and oxygen atoms in total. The van der Waals surface area contributed by atoms with Crippen molar-refractivity contribution < 1.29 is 0 Å². The highest BCUT2D eigenvalue weighted by molar-refractivity contribution is 5.57. The van der Waals surface area contributed by atoms with Gasteiger partial charge in [0.1, 0.15) is 11.9 Å². The molecule has 0 bridgehead atoms. The smallest absolute Gasteiger partial charge is 0.129 e. The fourth-order valence-electron chi connectivity index (χ4n) is 4.06. The highest BCUT2D eigenvalue weighted by atomic mass is 15.3. The van der Waals surface area contributed by atoms with Crippen molar-refractivity contribution in [2.24, 2.45) is 0 Å². The average molecular weight is 372 g/mol. The molecule has 1 atom stereocenters. The summed E-state index contributed by atoms with van der Waals surface area (Å²) in [6, 6.07) is 12.6. The van der Waals surface area contributed by atoms with Gasteiger partial charge in [-0.2, -0.15) is 5.10 Å². The molecule has 0 saturated carbocycles. The quantitative estimate of drug-likeness (QED) is 0.590. The van der Waals surface area contributed by atoms with Gasteiger partial charge in [-0.3, -0.25) is 0 Å². The average Bonchev–Trinajstić information content (AvgIpc) is 3.34. The Bertz CT molecular complexity index is 1140. The van der Waals surface area contributed by atoms with E-state index < -0.39 is 0 Å². The van der Waals surface area contributed by atoms with Crippen LogP contribution in [0.1, 0.15) is 54.1 Å². The van der Waals surface area contributed by atoms with Crippen LogP contribution in [0.4, 0.5) is 5.82 Å². The zero-order valence-electron chi connectivity index (χ0n) is 16.4. The van der Waals surface area contributed by atoms with E-state index in [4.69, 9.17) is 10.1 Å². The van der Waals surface area contributed by atoms with Gasteiger partial charge in [0.2, 0.25) is 0 Å². The molecule has 4 aromatic rings. The van der Waals surface area contributed by atoms with Crippen LogP contribution >= 0.6 is 0 Å². The number of H-pyrrole nitrogens is 1. The highest BCUT2D eigenvalue weighted by Gasteiger charge is 2.33. The topological polar surface area (TPSA) is 62.1 Å². The number of fused-ring (bicyclic) bond motifs is 2. The predicted molar refractivity (Wildman–Crippen MR) is 110 cm³/mol. The minimum absolute atomic E-state index is 0.0273. The largest absolute Gasteiger partial charge is 0.346 e. The molecule has 1 aliphatic rings. The molecule has 5 rings (SSSR count). The summed E-state index contributed by atoms with van der Waals surface area (Å²) in [5, 5.41) is 4.91. The fourth-order valence-corrected chi connectivity index (χ4v) is 4.06. The van der Waals surface area contributed by atoms with Crippen molar-refractivity contribution in [2.45, 2.75) is 39.2 Å². The minimum atomic E-state index is -0.0273. The Kier molecular flexibility index (Phi) is 3.93. The summed E-state index contributed by atoms with van der Waals surface area (Å²) >= 11 is 0. The molecule has 0 aliphatic carbocycles. The number of rotatable bonds is 3. The van der Waals surface area contributed by atoms with Gasteiger partial charge in [-0.05, 0) is 42.7 Å². The van der Waals surface area contributed by atoms with E-state index in [9.17, 15) is 0 Å². The minimum Gasteiger partial charge on any atom is -0.346 e. The Balaban J connectivity index is 1.66. The highest BCUT2D eigenvalue weighted by Crippen LogP contribution is 2.36. The number of hydrogen-bond acceptors (Lipinski definition) is 4.